The van der Waals surface area contributed by atoms with Gasteiger partial charge >= 0.3 is 7.60 Å². The Kier molecular flexibility index (Phi) is 11.7. The molecule has 0 amide bonds. The Morgan fingerprint density at radius 1 is 1.27 bits per heavy atom. The van der Waals surface area contributed by atoms with Gasteiger partial charge in [-0.25, -0.2) is 17.6 Å². The van der Waals surface area contributed by atoms with Crippen molar-refractivity contribution in [2.24, 2.45) is 7.05 Å². The number of hydrogen-bond donors (Lipinski definition) is 0. The lowest BCUT2D eigenvalue weighted by atomic mass is 10.7. The fraction of sp³-hybridized carbons (Fsp3) is 0.750. The molecule has 132 valence electrons. The Hall–Kier alpha value is -0.730. The van der Waals surface area contributed by atoms with Crippen LogP contribution in [0, 0.1) is 0 Å². The standard InChI is InChI=1S/C10H20N2O3P.CH4O3S.CH4/c1-4-14-16(13,15-5-2)9-8-12-7-6-11(3)10-12;1-5(2,3)4;/h6-7,10H,4-5,8-9H2,1-3H3;1H3,(H,2,3,4);1H4/q+1;;/p-1. The van der Waals surface area contributed by atoms with Gasteiger partial charge in [-0.2, -0.15) is 0 Å². The molecule has 0 saturated carbocycles. The Bertz CT molecular complexity index is 540. The summed E-state index contributed by atoms with van der Waals surface area (Å²) in [6.45, 7) is 5.11. The summed E-state index contributed by atoms with van der Waals surface area (Å²) in [6.07, 6.45) is 6.81. The van der Waals surface area contributed by atoms with E-state index in [0.29, 0.717) is 32.2 Å². The van der Waals surface area contributed by atoms with Crippen LogP contribution in [-0.4, -0.2) is 43.2 Å². The fourth-order valence-corrected chi connectivity index (χ4v) is 3.03. The van der Waals surface area contributed by atoms with Gasteiger partial charge in [-0.05, 0) is 13.8 Å². The molecule has 0 spiro atoms. The molecule has 0 radical (unpaired) electrons. The van der Waals surface area contributed by atoms with Crippen LogP contribution in [0.15, 0.2) is 18.7 Å². The van der Waals surface area contributed by atoms with Crippen molar-refractivity contribution < 1.29 is 31.2 Å². The normalized spacial score (nSPS) is 11.3. The molecule has 0 atom stereocenters. The quantitative estimate of drug-likeness (QED) is 0.414. The smallest absolute Gasteiger partial charge is 0.334 e. The first-order valence-corrected chi connectivity index (χ1v) is 9.94. The molecule has 0 fully saturated rings. The summed E-state index contributed by atoms with van der Waals surface area (Å²) in [5, 5.41) is 0. The van der Waals surface area contributed by atoms with Crippen LogP contribution in [-0.2, 0) is 37.3 Å². The van der Waals surface area contributed by atoms with E-state index in [2.05, 4.69) is 0 Å². The summed E-state index contributed by atoms with van der Waals surface area (Å²) in [6, 6.07) is 0. The predicted octanol–water partition coefficient (Wildman–Crippen LogP) is 1.38. The number of nitrogens with zero attached hydrogens (tertiary/aromatic N) is 2. The highest BCUT2D eigenvalue weighted by Crippen LogP contribution is 2.47. The Balaban J connectivity index is 0. The zero-order valence-corrected chi connectivity index (χ0v) is 14.5. The van der Waals surface area contributed by atoms with Gasteiger partial charge in [-0.3, -0.25) is 4.57 Å². The first kappa shape index (κ1) is 23.5. The van der Waals surface area contributed by atoms with E-state index in [1.165, 1.54) is 0 Å². The molecule has 0 aliphatic carbocycles. The topological polar surface area (TPSA) is 102 Å². The van der Waals surface area contributed by atoms with E-state index in [1.54, 1.807) is 0 Å². The number of imidazole rings is 1. The number of rotatable bonds is 7. The van der Waals surface area contributed by atoms with Crippen molar-refractivity contribution in [1.29, 1.82) is 0 Å². The zero-order valence-electron chi connectivity index (χ0n) is 12.8. The van der Waals surface area contributed by atoms with Crippen molar-refractivity contribution in [3.63, 3.8) is 0 Å². The van der Waals surface area contributed by atoms with Gasteiger partial charge in [-0.1, -0.05) is 7.43 Å². The molecule has 10 heteroatoms. The molecular weight excluding hydrogens is 331 g/mol. The molecule has 0 unspecified atom stereocenters. The second-order valence-corrected chi connectivity index (χ2v) is 7.78. The maximum Gasteiger partial charge on any atom is 0.334 e. The number of aromatic nitrogens is 2. The van der Waals surface area contributed by atoms with Gasteiger partial charge in [0.05, 0.1) is 36.5 Å². The lowest BCUT2D eigenvalue weighted by Crippen LogP contribution is -2.24. The lowest BCUT2D eigenvalue weighted by Gasteiger charge is -2.15. The van der Waals surface area contributed by atoms with Crippen LogP contribution in [0.3, 0.4) is 0 Å². The number of aryl methyl sites for hydroxylation is 2. The van der Waals surface area contributed by atoms with E-state index in [-0.39, 0.29) is 7.43 Å². The molecule has 1 heterocycles. The van der Waals surface area contributed by atoms with Crippen molar-refractivity contribution >= 4 is 17.7 Å². The van der Waals surface area contributed by atoms with Gasteiger partial charge < -0.3 is 13.6 Å². The minimum absolute atomic E-state index is 0. The second-order valence-electron chi connectivity index (χ2n) is 4.19. The Morgan fingerprint density at radius 2 is 1.73 bits per heavy atom. The molecule has 0 aliphatic rings. The molecule has 0 aromatic carbocycles. The minimum Gasteiger partial charge on any atom is -0.748 e. The SMILES string of the molecule is C.CCOP(=O)(CCn1cc[n+](C)c1)OCC.CS(=O)(=O)[O-]. The molecule has 1 aromatic heterocycles. The highest BCUT2D eigenvalue weighted by molar-refractivity contribution is 7.84. The minimum atomic E-state index is -3.92. The van der Waals surface area contributed by atoms with E-state index in [1.807, 2.05) is 48.8 Å². The average molecular weight is 358 g/mol. The summed E-state index contributed by atoms with van der Waals surface area (Å²) in [7, 11) is -4.88. The first-order chi connectivity index (χ1) is 9.59. The molecular formula is C12H27N2O6PS. The monoisotopic (exact) mass is 358 g/mol. The predicted molar refractivity (Wildman–Crippen MR) is 83.7 cm³/mol. The van der Waals surface area contributed by atoms with E-state index in [0.717, 1.165) is 0 Å². The van der Waals surface area contributed by atoms with Gasteiger partial charge in [0.2, 0.25) is 6.33 Å². The molecule has 0 saturated heterocycles. The van der Waals surface area contributed by atoms with Crippen LogP contribution in [0.1, 0.15) is 21.3 Å². The van der Waals surface area contributed by atoms with Gasteiger partial charge in [0, 0.05) is 6.26 Å². The summed E-state index contributed by atoms with van der Waals surface area (Å²) in [5.74, 6) is 0. The zero-order chi connectivity index (χ0) is 16.5. The number of hydrogen-bond acceptors (Lipinski definition) is 6. The van der Waals surface area contributed by atoms with Gasteiger partial charge in [0.25, 0.3) is 0 Å². The molecule has 0 N–H and O–H groups in total. The summed E-state index contributed by atoms with van der Waals surface area (Å²) in [4.78, 5) is 0. The highest BCUT2D eigenvalue weighted by Gasteiger charge is 2.24. The third kappa shape index (κ3) is 13.0. The summed E-state index contributed by atoms with van der Waals surface area (Å²) >= 11 is 0. The van der Waals surface area contributed by atoms with Gasteiger partial charge in [-0.15, -0.1) is 0 Å². The van der Waals surface area contributed by atoms with Crippen LogP contribution in [0.25, 0.3) is 0 Å². The average Bonchev–Trinajstić information content (AvgIpc) is 2.71. The summed E-state index contributed by atoms with van der Waals surface area (Å²) in [5.41, 5.74) is 0. The summed E-state index contributed by atoms with van der Waals surface area (Å²) < 4.78 is 53.7. The lowest BCUT2D eigenvalue weighted by molar-refractivity contribution is -0.671. The largest absolute Gasteiger partial charge is 0.748 e. The van der Waals surface area contributed by atoms with Crippen molar-refractivity contribution in [3.8, 4) is 0 Å². The van der Waals surface area contributed by atoms with Crippen LogP contribution in [0.2, 0.25) is 0 Å². The van der Waals surface area contributed by atoms with Gasteiger partial charge in [0.1, 0.15) is 18.9 Å². The molecule has 1 rings (SSSR count). The maximum atomic E-state index is 12.1. The van der Waals surface area contributed by atoms with Gasteiger partial charge in [0.15, 0.2) is 0 Å². The van der Waals surface area contributed by atoms with Crippen LogP contribution in [0.4, 0.5) is 0 Å². The Labute approximate surface area is 133 Å². The molecule has 1 aromatic rings. The third-order valence-corrected chi connectivity index (χ3v) is 4.16. The van der Waals surface area contributed by atoms with Crippen LogP contribution in [0.5, 0.6) is 0 Å². The van der Waals surface area contributed by atoms with E-state index in [9.17, 15) is 4.57 Å². The fourth-order valence-electron chi connectivity index (χ4n) is 1.43. The highest BCUT2D eigenvalue weighted by atomic mass is 32.2. The molecule has 0 bridgehead atoms. The van der Waals surface area contributed by atoms with E-state index < -0.39 is 17.7 Å². The van der Waals surface area contributed by atoms with Crippen LogP contribution < -0.4 is 4.57 Å². The maximum absolute atomic E-state index is 12.1. The van der Waals surface area contributed by atoms with E-state index >= 15 is 0 Å². The first-order valence-electron chi connectivity index (χ1n) is 6.39. The van der Waals surface area contributed by atoms with E-state index in [4.69, 9.17) is 22.0 Å². The van der Waals surface area contributed by atoms with Crippen LogP contribution >= 0.6 is 7.60 Å². The van der Waals surface area contributed by atoms with Crippen molar-refractivity contribution in [2.45, 2.75) is 27.8 Å². The molecule has 8 nitrogen and oxygen atoms in total. The Morgan fingerprint density at radius 3 is 2.05 bits per heavy atom. The van der Waals surface area contributed by atoms with Crippen molar-refractivity contribution in [2.75, 3.05) is 25.6 Å². The van der Waals surface area contributed by atoms with Crippen molar-refractivity contribution in [3.05, 3.63) is 18.7 Å². The molecule has 22 heavy (non-hydrogen) atoms. The second kappa shape index (κ2) is 10.9. The third-order valence-electron chi connectivity index (χ3n) is 2.11. The molecule has 0 aliphatic heterocycles. The van der Waals surface area contributed by atoms with Crippen molar-refractivity contribution in [1.82, 2.24) is 4.57 Å².